The third-order valence-corrected chi connectivity index (χ3v) is 4.48. The molecule has 0 bridgehead atoms. The standard InChI is InChI=1S/C24H24N2O3/c1-3-17(2)29-20-15-13-18(14-16-20)23(27)26-22-12-8-7-11-21(22)24(28)25-19-9-5-4-6-10-19/h4-17H,3H2,1-2H3,(H,25,28)(H,26,27). The maximum atomic E-state index is 12.7. The molecule has 0 saturated heterocycles. The van der Waals surface area contributed by atoms with Crippen molar-refractivity contribution in [3.8, 4) is 5.75 Å². The normalized spacial score (nSPS) is 11.4. The van der Waals surface area contributed by atoms with Crippen LogP contribution in [0.4, 0.5) is 11.4 Å². The van der Waals surface area contributed by atoms with Crippen LogP contribution in [0.15, 0.2) is 78.9 Å². The Morgan fingerprint density at radius 2 is 1.48 bits per heavy atom. The number of hydrogen-bond acceptors (Lipinski definition) is 3. The summed E-state index contributed by atoms with van der Waals surface area (Å²) < 4.78 is 5.74. The molecule has 148 valence electrons. The molecule has 0 fully saturated rings. The van der Waals surface area contributed by atoms with Crippen molar-refractivity contribution in [2.75, 3.05) is 10.6 Å². The topological polar surface area (TPSA) is 67.4 Å². The largest absolute Gasteiger partial charge is 0.491 e. The summed E-state index contributed by atoms with van der Waals surface area (Å²) in [6, 6.07) is 23.1. The van der Waals surface area contributed by atoms with Crippen LogP contribution in [0.25, 0.3) is 0 Å². The molecule has 3 rings (SSSR count). The molecule has 0 aromatic heterocycles. The van der Waals surface area contributed by atoms with E-state index in [1.807, 2.05) is 37.3 Å². The van der Waals surface area contributed by atoms with E-state index in [4.69, 9.17) is 4.74 Å². The van der Waals surface area contributed by atoms with Gasteiger partial charge in [0.15, 0.2) is 0 Å². The molecule has 0 radical (unpaired) electrons. The lowest BCUT2D eigenvalue weighted by atomic mass is 10.1. The summed E-state index contributed by atoms with van der Waals surface area (Å²) in [5.41, 5.74) is 2.02. The highest BCUT2D eigenvalue weighted by molar-refractivity contribution is 6.12. The van der Waals surface area contributed by atoms with Gasteiger partial charge in [-0.25, -0.2) is 0 Å². The highest BCUT2D eigenvalue weighted by Gasteiger charge is 2.14. The Bertz CT molecular complexity index is 969. The quantitative estimate of drug-likeness (QED) is 0.572. The molecular weight excluding hydrogens is 364 g/mol. The number of nitrogens with one attached hydrogen (secondary N) is 2. The lowest BCUT2D eigenvalue weighted by Gasteiger charge is -2.13. The van der Waals surface area contributed by atoms with E-state index in [0.717, 1.165) is 12.2 Å². The fourth-order valence-corrected chi connectivity index (χ4v) is 2.71. The summed E-state index contributed by atoms with van der Waals surface area (Å²) in [4.78, 5) is 25.3. The van der Waals surface area contributed by atoms with Gasteiger partial charge in [-0.3, -0.25) is 9.59 Å². The lowest BCUT2D eigenvalue weighted by Crippen LogP contribution is -2.18. The first-order valence-electron chi connectivity index (χ1n) is 9.60. The van der Waals surface area contributed by atoms with Crippen LogP contribution in [0.3, 0.4) is 0 Å². The zero-order valence-electron chi connectivity index (χ0n) is 16.5. The van der Waals surface area contributed by atoms with Gasteiger partial charge in [0.1, 0.15) is 5.75 Å². The highest BCUT2D eigenvalue weighted by atomic mass is 16.5. The van der Waals surface area contributed by atoms with Gasteiger partial charge in [0.2, 0.25) is 0 Å². The van der Waals surface area contributed by atoms with E-state index in [0.29, 0.717) is 22.5 Å². The SMILES string of the molecule is CCC(C)Oc1ccc(C(=O)Nc2ccccc2C(=O)Nc2ccccc2)cc1. The van der Waals surface area contributed by atoms with Gasteiger partial charge in [-0.2, -0.15) is 0 Å². The molecule has 5 heteroatoms. The molecule has 29 heavy (non-hydrogen) atoms. The third kappa shape index (κ3) is 5.45. The Morgan fingerprint density at radius 1 is 0.828 bits per heavy atom. The van der Waals surface area contributed by atoms with E-state index >= 15 is 0 Å². The van der Waals surface area contributed by atoms with Crippen LogP contribution in [0.1, 0.15) is 41.0 Å². The van der Waals surface area contributed by atoms with Crippen molar-refractivity contribution in [3.63, 3.8) is 0 Å². The van der Waals surface area contributed by atoms with Crippen molar-refractivity contribution >= 4 is 23.2 Å². The first-order chi connectivity index (χ1) is 14.1. The first-order valence-corrected chi connectivity index (χ1v) is 9.60. The van der Waals surface area contributed by atoms with Crippen molar-refractivity contribution in [1.29, 1.82) is 0 Å². The van der Waals surface area contributed by atoms with E-state index in [9.17, 15) is 9.59 Å². The minimum absolute atomic E-state index is 0.115. The second-order valence-corrected chi connectivity index (χ2v) is 6.68. The van der Waals surface area contributed by atoms with E-state index < -0.39 is 0 Å². The molecule has 2 amide bonds. The van der Waals surface area contributed by atoms with Gasteiger partial charge in [0.25, 0.3) is 11.8 Å². The van der Waals surface area contributed by atoms with Gasteiger partial charge < -0.3 is 15.4 Å². The number of carbonyl (C=O) groups is 2. The minimum atomic E-state index is -0.292. The summed E-state index contributed by atoms with van der Waals surface area (Å²) in [5, 5.41) is 5.66. The molecule has 3 aromatic carbocycles. The summed E-state index contributed by atoms with van der Waals surface area (Å²) in [7, 11) is 0. The molecule has 0 aliphatic heterocycles. The van der Waals surface area contributed by atoms with E-state index in [2.05, 4.69) is 17.6 Å². The lowest BCUT2D eigenvalue weighted by molar-refractivity contribution is 0.102. The number of amides is 2. The average Bonchev–Trinajstić information content (AvgIpc) is 2.75. The van der Waals surface area contributed by atoms with Crippen molar-refractivity contribution in [2.45, 2.75) is 26.4 Å². The average molecular weight is 388 g/mol. The number of benzene rings is 3. The molecule has 0 aliphatic rings. The molecular formula is C24H24N2O3. The van der Waals surface area contributed by atoms with E-state index in [1.165, 1.54) is 0 Å². The smallest absolute Gasteiger partial charge is 0.257 e. The maximum absolute atomic E-state index is 12.7. The number of carbonyl (C=O) groups excluding carboxylic acids is 2. The van der Waals surface area contributed by atoms with Gasteiger partial charge in [0, 0.05) is 11.3 Å². The Labute approximate surface area is 170 Å². The number of ether oxygens (including phenoxy) is 1. The van der Waals surface area contributed by atoms with Gasteiger partial charge >= 0.3 is 0 Å². The van der Waals surface area contributed by atoms with Crippen LogP contribution in [0, 0.1) is 0 Å². The molecule has 0 saturated carbocycles. The summed E-state index contributed by atoms with van der Waals surface area (Å²) in [6.07, 6.45) is 1.02. The van der Waals surface area contributed by atoms with Gasteiger partial charge in [-0.1, -0.05) is 37.3 Å². The summed E-state index contributed by atoms with van der Waals surface area (Å²) in [6.45, 7) is 4.05. The maximum Gasteiger partial charge on any atom is 0.257 e. The predicted octanol–water partition coefficient (Wildman–Crippen LogP) is 5.37. The molecule has 5 nitrogen and oxygen atoms in total. The number of rotatable bonds is 7. The number of hydrogen-bond donors (Lipinski definition) is 2. The van der Waals surface area contributed by atoms with Crippen LogP contribution in [0.2, 0.25) is 0 Å². The second kappa shape index (κ2) is 9.55. The number of para-hydroxylation sites is 2. The van der Waals surface area contributed by atoms with Gasteiger partial charge in [0.05, 0.1) is 17.4 Å². The Balaban J connectivity index is 1.71. The number of anilines is 2. The van der Waals surface area contributed by atoms with Crippen molar-refractivity contribution in [2.24, 2.45) is 0 Å². The first kappa shape index (κ1) is 20.1. The van der Waals surface area contributed by atoms with Crippen LogP contribution < -0.4 is 15.4 Å². The molecule has 3 aromatic rings. The molecule has 0 aliphatic carbocycles. The van der Waals surface area contributed by atoms with Gasteiger partial charge in [-0.05, 0) is 61.9 Å². The summed E-state index contributed by atoms with van der Waals surface area (Å²) in [5.74, 6) is 0.142. The minimum Gasteiger partial charge on any atom is -0.491 e. The zero-order valence-corrected chi connectivity index (χ0v) is 16.5. The van der Waals surface area contributed by atoms with Crippen LogP contribution in [-0.2, 0) is 0 Å². The Hall–Kier alpha value is -3.60. The third-order valence-electron chi connectivity index (χ3n) is 4.48. The van der Waals surface area contributed by atoms with Crippen molar-refractivity contribution in [3.05, 3.63) is 90.0 Å². The molecule has 0 spiro atoms. The zero-order chi connectivity index (χ0) is 20.6. The predicted molar refractivity (Wildman–Crippen MR) is 116 cm³/mol. The Morgan fingerprint density at radius 3 is 2.17 bits per heavy atom. The monoisotopic (exact) mass is 388 g/mol. The van der Waals surface area contributed by atoms with Crippen LogP contribution in [0.5, 0.6) is 5.75 Å². The fourth-order valence-electron chi connectivity index (χ4n) is 2.71. The van der Waals surface area contributed by atoms with Crippen molar-refractivity contribution < 1.29 is 14.3 Å². The van der Waals surface area contributed by atoms with Crippen LogP contribution >= 0.6 is 0 Å². The Kier molecular flexibility index (Phi) is 6.63. The van der Waals surface area contributed by atoms with E-state index in [-0.39, 0.29) is 17.9 Å². The second-order valence-electron chi connectivity index (χ2n) is 6.68. The van der Waals surface area contributed by atoms with Crippen LogP contribution in [-0.4, -0.2) is 17.9 Å². The van der Waals surface area contributed by atoms with E-state index in [1.54, 1.807) is 48.5 Å². The summed E-state index contributed by atoms with van der Waals surface area (Å²) >= 11 is 0. The van der Waals surface area contributed by atoms with Crippen molar-refractivity contribution in [1.82, 2.24) is 0 Å². The molecule has 0 heterocycles. The molecule has 1 atom stereocenters. The molecule has 1 unspecified atom stereocenters. The van der Waals surface area contributed by atoms with Gasteiger partial charge in [-0.15, -0.1) is 0 Å². The fraction of sp³-hybridized carbons (Fsp3) is 0.167. The molecule has 2 N–H and O–H groups in total. The highest BCUT2D eigenvalue weighted by Crippen LogP contribution is 2.20.